The first-order valence-corrected chi connectivity index (χ1v) is 13.3. The lowest BCUT2D eigenvalue weighted by Gasteiger charge is -2.21. The van der Waals surface area contributed by atoms with Crippen molar-refractivity contribution < 1.29 is 19.8 Å². The maximum absolute atomic E-state index is 13.2. The zero-order valence-corrected chi connectivity index (χ0v) is 21.7. The lowest BCUT2D eigenvalue weighted by atomic mass is 9.84. The summed E-state index contributed by atoms with van der Waals surface area (Å²) >= 11 is 1.65. The largest absolute Gasteiger partial charge is 0.395 e. The number of ketones is 1. The molecule has 0 spiro atoms. The van der Waals surface area contributed by atoms with E-state index in [-0.39, 0.29) is 36.7 Å². The Morgan fingerprint density at radius 1 is 1.28 bits per heavy atom. The Hall–Kier alpha value is -2.68. The number of unbranched alkanes of at least 4 members (excludes halogenated alkanes) is 1. The summed E-state index contributed by atoms with van der Waals surface area (Å²) in [7, 11) is 0. The van der Waals surface area contributed by atoms with Gasteiger partial charge in [-0.3, -0.25) is 9.59 Å². The first kappa shape index (κ1) is 27.9. The van der Waals surface area contributed by atoms with Crippen molar-refractivity contribution in [2.75, 3.05) is 13.2 Å². The van der Waals surface area contributed by atoms with Gasteiger partial charge in [0.15, 0.2) is 0 Å². The number of nitrogens with zero attached hydrogens (tertiary/aromatic N) is 1. The molecule has 1 saturated carbocycles. The highest BCUT2D eigenvalue weighted by molar-refractivity contribution is 7.19. The van der Waals surface area contributed by atoms with E-state index in [1.807, 2.05) is 30.4 Å². The number of carbonyl (C=O) groups is 2. The minimum Gasteiger partial charge on any atom is -0.395 e. The SMILES string of the molecule is CC1(C)C(=O)[C@H](C/C=C\CCCC(=O)NCCO)[C@@H](/C=C/C(O)Cc2cc3ccccc3s2)[C@@H]1N=O. The van der Waals surface area contributed by atoms with Crippen LogP contribution in [0, 0.1) is 22.2 Å². The van der Waals surface area contributed by atoms with Crippen LogP contribution in [0.3, 0.4) is 0 Å². The molecule has 2 aromatic rings. The van der Waals surface area contributed by atoms with Gasteiger partial charge in [-0.15, -0.1) is 11.3 Å². The van der Waals surface area contributed by atoms with Crippen LogP contribution in [0.25, 0.3) is 10.1 Å². The van der Waals surface area contributed by atoms with Crippen molar-refractivity contribution in [2.45, 2.75) is 58.1 Å². The zero-order chi connectivity index (χ0) is 26.1. The monoisotopic (exact) mass is 512 g/mol. The van der Waals surface area contributed by atoms with Crippen LogP contribution in [0.15, 0.2) is 59.8 Å². The van der Waals surface area contributed by atoms with Crippen LogP contribution in [0.5, 0.6) is 0 Å². The van der Waals surface area contributed by atoms with Crippen LogP contribution in [0.1, 0.15) is 44.4 Å². The summed E-state index contributed by atoms with van der Waals surface area (Å²) in [6, 6.07) is 9.49. The molecule has 8 heteroatoms. The Bertz CT molecular complexity index is 1070. The van der Waals surface area contributed by atoms with E-state index >= 15 is 0 Å². The first-order chi connectivity index (χ1) is 17.3. The number of amides is 1. The molecule has 3 rings (SSSR count). The molecule has 3 N–H and O–H groups in total. The molecule has 1 heterocycles. The molecule has 36 heavy (non-hydrogen) atoms. The molecule has 1 aliphatic rings. The van der Waals surface area contributed by atoms with Crippen LogP contribution < -0.4 is 5.32 Å². The number of aliphatic hydroxyl groups is 2. The van der Waals surface area contributed by atoms with Crippen LogP contribution in [-0.4, -0.2) is 47.2 Å². The number of rotatable bonds is 13. The standard InChI is InChI=1S/C28H36N2O5S/c1-28(2)26(30-35)22(14-13-20(32)18-21-17-19-9-7-8-11-24(19)36-21)23(27(28)34)10-5-3-4-6-12-25(33)29-15-16-31/h3,5,7-9,11,13-14,17,20,22-23,26,31-32H,4,6,10,12,15-16,18H2,1-2H3,(H,29,33)/b5-3-,14-13+/t20?,22-,23-,26+/m1/s1. The summed E-state index contributed by atoms with van der Waals surface area (Å²) in [6.45, 7) is 3.72. The van der Waals surface area contributed by atoms with Gasteiger partial charge in [-0.05, 0) is 36.8 Å². The highest BCUT2D eigenvalue weighted by Crippen LogP contribution is 2.46. The second-order valence-corrected chi connectivity index (χ2v) is 11.1. The topological polar surface area (TPSA) is 116 Å². The van der Waals surface area contributed by atoms with Gasteiger partial charge in [0.25, 0.3) is 0 Å². The molecule has 1 aromatic carbocycles. The highest BCUT2D eigenvalue weighted by atomic mass is 32.1. The van der Waals surface area contributed by atoms with Gasteiger partial charge in [-0.2, -0.15) is 4.91 Å². The number of Topliss-reactive ketones (excluding diaryl/α,β-unsaturated/α-hetero) is 1. The van der Waals surface area contributed by atoms with E-state index in [0.29, 0.717) is 32.1 Å². The van der Waals surface area contributed by atoms with Gasteiger partial charge in [0, 0.05) is 40.8 Å². The maximum atomic E-state index is 13.2. The molecule has 4 atom stereocenters. The predicted molar refractivity (Wildman–Crippen MR) is 144 cm³/mol. The van der Waals surface area contributed by atoms with Crippen molar-refractivity contribution in [3.8, 4) is 0 Å². The van der Waals surface area contributed by atoms with Gasteiger partial charge in [0.05, 0.1) is 18.1 Å². The van der Waals surface area contributed by atoms with E-state index in [1.165, 1.54) is 4.70 Å². The van der Waals surface area contributed by atoms with Crippen molar-refractivity contribution in [3.63, 3.8) is 0 Å². The molecule has 0 bridgehead atoms. The molecule has 194 valence electrons. The molecular formula is C28H36N2O5S. The van der Waals surface area contributed by atoms with E-state index in [9.17, 15) is 19.6 Å². The number of benzene rings is 1. The van der Waals surface area contributed by atoms with Crippen LogP contribution in [0.4, 0.5) is 0 Å². The van der Waals surface area contributed by atoms with Crippen LogP contribution >= 0.6 is 11.3 Å². The summed E-state index contributed by atoms with van der Waals surface area (Å²) in [6.07, 6.45) is 9.36. The van der Waals surface area contributed by atoms with Gasteiger partial charge in [0.1, 0.15) is 11.8 Å². The number of nitroso groups, excluding NO2 is 1. The molecular weight excluding hydrogens is 476 g/mol. The van der Waals surface area contributed by atoms with Crippen molar-refractivity contribution in [3.05, 3.63) is 64.4 Å². The molecule has 0 saturated heterocycles. The molecule has 0 aliphatic heterocycles. The van der Waals surface area contributed by atoms with Gasteiger partial charge in [-0.1, -0.05) is 61.5 Å². The Balaban J connectivity index is 1.61. The number of fused-ring (bicyclic) bond motifs is 1. The smallest absolute Gasteiger partial charge is 0.220 e. The van der Waals surface area contributed by atoms with Gasteiger partial charge >= 0.3 is 0 Å². The average Bonchev–Trinajstić information content (AvgIpc) is 3.33. The summed E-state index contributed by atoms with van der Waals surface area (Å²) in [5.74, 6) is -0.853. The summed E-state index contributed by atoms with van der Waals surface area (Å²) in [5.41, 5.74) is -0.865. The third kappa shape index (κ3) is 6.96. The lowest BCUT2D eigenvalue weighted by Crippen LogP contribution is -2.30. The van der Waals surface area contributed by atoms with Crippen LogP contribution in [0.2, 0.25) is 0 Å². The number of hydrogen-bond acceptors (Lipinski definition) is 7. The number of thiophene rings is 1. The summed E-state index contributed by atoms with van der Waals surface area (Å²) in [5, 5.41) is 26.5. The molecule has 1 fully saturated rings. The third-order valence-corrected chi connectivity index (χ3v) is 8.00. The van der Waals surface area contributed by atoms with E-state index < -0.39 is 17.6 Å². The minimum atomic E-state index is -0.865. The Morgan fingerprint density at radius 2 is 2.06 bits per heavy atom. The number of allylic oxidation sites excluding steroid dienone is 2. The van der Waals surface area contributed by atoms with E-state index in [4.69, 9.17) is 5.11 Å². The number of nitrogens with one attached hydrogen (secondary N) is 1. The van der Waals surface area contributed by atoms with Gasteiger partial charge in [-0.25, -0.2) is 0 Å². The Labute approximate surface area is 216 Å². The van der Waals surface area contributed by atoms with Crippen molar-refractivity contribution in [1.82, 2.24) is 5.32 Å². The van der Waals surface area contributed by atoms with E-state index in [1.54, 1.807) is 37.3 Å². The summed E-state index contributed by atoms with van der Waals surface area (Å²) < 4.78 is 1.18. The molecule has 1 unspecified atom stereocenters. The van der Waals surface area contributed by atoms with Gasteiger partial charge in [0.2, 0.25) is 5.91 Å². The number of carbonyl (C=O) groups excluding carboxylic acids is 2. The zero-order valence-electron chi connectivity index (χ0n) is 20.9. The predicted octanol–water partition coefficient (Wildman–Crippen LogP) is 4.56. The molecule has 7 nitrogen and oxygen atoms in total. The highest BCUT2D eigenvalue weighted by Gasteiger charge is 2.54. The lowest BCUT2D eigenvalue weighted by molar-refractivity contribution is -0.127. The second-order valence-electron chi connectivity index (χ2n) is 9.90. The molecule has 1 aromatic heterocycles. The fourth-order valence-corrected chi connectivity index (χ4v) is 6.01. The molecule has 0 radical (unpaired) electrons. The summed E-state index contributed by atoms with van der Waals surface area (Å²) in [4.78, 5) is 37.6. The average molecular weight is 513 g/mol. The van der Waals surface area contributed by atoms with Crippen molar-refractivity contribution >= 4 is 33.1 Å². The second kappa shape index (κ2) is 13.0. The fourth-order valence-electron chi connectivity index (χ4n) is 4.90. The number of aliphatic hydroxyl groups excluding tert-OH is 2. The van der Waals surface area contributed by atoms with E-state index in [0.717, 1.165) is 10.3 Å². The van der Waals surface area contributed by atoms with Gasteiger partial charge < -0.3 is 15.5 Å². The Kier molecular flexibility index (Phi) is 10.1. The quantitative estimate of drug-likeness (QED) is 0.207. The third-order valence-electron chi connectivity index (χ3n) is 6.86. The van der Waals surface area contributed by atoms with Crippen molar-refractivity contribution in [1.29, 1.82) is 0 Å². The first-order valence-electron chi connectivity index (χ1n) is 12.5. The minimum absolute atomic E-state index is 0.00813. The maximum Gasteiger partial charge on any atom is 0.220 e. The van der Waals surface area contributed by atoms with Crippen LogP contribution in [-0.2, 0) is 16.0 Å². The number of hydrogen-bond donors (Lipinski definition) is 3. The Morgan fingerprint density at radius 3 is 2.78 bits per heavy atom. The molecule has 1 amide bonds. The fraction of sp³-hybridized carbons (Fsp3) is 0.500. The normalized spacial score (nSPS) is 22.6. The van der Waals surface area contributed by atoms with Crippen molar-refractivity contribution in [2.24, 2.45) is 22.4 Å². The molecule has 1 aliphatic carbocycles. The van der Waals surface area contributed by atoms with E-state index in [2.05, 4.69) is 22.6 Å².